The van der Waals surface area contributed by atoms with Crippen LogP contribution in [-0.2, 0) is 6.54 Å². The van der Waals surface area contributed by atoms with Gasteiger partial charge in [-0.05, 0) is 11.3 Å². The van der Waals surface area contributed by atoms with Gasteiger partial charge < -0.3 is 0 Å². The van der Waals surface area contributed by atoms with Gasteiger partial charge in [0.25, 0.3) is 5.56 Å². The van der Waals surface area contributed by atoms with E-state index in [1.165, 1.54) is 10.8 Å². The highest BCUT2D eigenvalue weighted by Crippen LogP contribution is 2.27. The van der Waals surface area contributed by atoms with Crippen molar-refractivity contribution in [2.24, 2.45) is 11.3 Å². The first kappa shape index (κ1) is 13.2. The Labute approximate surface area is 99.7 Å². The summed E-state index contributed by atoms with van der Waals surface area (Å²) in [5.41, 5.74) is -1.22. The molecule has 5 heteroatoms. The zero-order valence-electron chi connectivity index (χ0n) is 10.6. The van der Waals surface area contributed by atoms with Crippen molar-refractivity contribution in [3.05, 3.63) is 32.6 Å². The number of nitrogens with zero attached hydrogens (tertiary/aromatic N) is 2. The number of hydrogen-bond donors (Lipinski definition) is 1. The maximum absolute atomic E-state index is 11.6. The van der Waals surface area contributed by atoms with Crippen molar-refractivity contribution in [2.75, 3.05) is 0 Å². The van der Waals surface area contributed by atoms with E-state index in [1.807, 2.05) is 13.8 Å². The topological polar surface area (TPSA) is 78.7 Å². The van der Waals surface area contributed by atoms with Crippen LogP contribution in [0.1, 0.15) is 33.3 Å². The fourth-order valence-electron chi connectivity index (χ4n) is 1.33. The maximum atomic E-state index is 11.6. The molecule has 1 heterocycles. The molecule has 5 nitrogen and oxygen atoms in total. The molecule has 92 valence electrons. The number of hydrogen-bond acceptors (Lipinski definition) is 3. The van der Waals surface area contributed by atoms with Gasteiger partial charge in [0, 0.05) is 12.7 Å². The Morgan fingerprint density at radius 1 is 1.47 bits per heavy atom. The predicted octanol–water partition coefficient (Wildman–Crippen LogP) is 1.09. The zero-order chi connectivity index (χ0) is 13.2. The number of nitriles is 1. The van der Waals surface area contributed by atoms with Crippen LogP contribution >= 0.6 is 0 Å². The van der Waals surface area contributed by atoms with E-state index in [9.17, 15) is 9.59 Å². The van der Waals surface area contributed by atoms with Gasteiger partial charge >= 0.3 is 5.69 Å². The molecule has 0 aliphatic carbocycles. The summed E-state index contributed by atoms with van der Waals surface area (Å²) in [4.78, 5) is 25.0. The summed E-state index contributed by atoms with van der Waals surface area (Å²) in [5, 5.41) is 8.76. The van der Waals surface area contributed by atoms with E-state index >= 15 is 0 Å². The Morgan fingerprint density at radius 3 is 2.53 bits per heavy atom. The fraction of sp³-hybridized carbons (Fsp3) is 0.583. The van der Waals surface area contributed by atoms with Crippen molar-refractivity contribution in [3.63, 3.8) is 0 Å². The number of aromatic amines is 1. The zero-order valence-corrected chi connectivity index (χ0v) is 10.6. The van der Waals surface area contributed by atoms with Gasteiger partial charge in [-0.2, -0.15) is 5.26 Å². The predicted molar refractivity (Wildman–Crippen MR) is 64.7 cm³/mol. The Morgan fingerprint density at radius 2 is 2.06 bits per heavy atom. The van der Waals surface area contributed by atoms with Gasteiger partial charge in [0.05, 0.1) is 0 Å². The third-order valence-electron chi connectivity index (χ3n) is 3.27. The smallest absolute Gasteiger partial charge is 0.299 e. The summed E-state index contributed by atoms with van der Waals surface area (Å²) in [6.07, 6.45) is 1.32. The highest BCUT2D eigenvalue weighted by molar-refractivity contribution is 5.21. The van der Waals surface area contributed by atoms with Crippen molar-refractivity contribution in [3.8, 4) is 6.07 Å². The second-order valence-electron chi connectivity index (χ2n) is 5.19. The standard InChI is InChI=1S/C12H17N3O2/c1-8(2)12(3,4)7-15-6-9(5-13)10(16)14-11(15)17/h6,8H,7H2,1-4H3,(H,14,16,17). The van der Waals surface area contributed by atoms with Crippen molar-refractivity contribution in [1.82, 2.24) is 9.55 Å². The van der Waals surface area contributed by atoms with Crippen molar-refractivity contribution in [1.29, 1.82) is 5.26 Å². The second kappa shape index (κ2) is 4.58. The highest BCUT2D eigenvalue weighted by atomic mass is 16.2. The molecule has 0 unspecified atom stereocenters. The summed E-state index contributed by atoms with van der Waals surface area (Å²) in [5.74, 6) is 0.381. The molecule has 0 amide bonds. The fourth-order valence-corrected chi connectivity index (χ4v) is 1.33. The number of aromatic nitrogens is 2. The Kier molecular flexibility index (Phi) is 3.56. The van der Waals surface area contributed by atoms with Crippen LogP contribution in [0.3, 0.4) is 0 Å². The second-order valence-corrected chi connectivity index (χ2v) is 5.19. The molecule has 1 aromatic heterocycles. The average Bonchev–Trinajstić information content (AvgIpc) is 2.21. The minimum absolute atomic E-state index is 0.0378. The monoisotopic (exact) mass is 235 g/mol. The number of nitrogens with one attached hydrogen (secondary N) is 1. The number of H-pyrrole nitrogens is 1. The quantitative estimate of drug-likeness (QED) is 0.851. The molecule has 1 aromatic rings. The molecule has 0 spiro atoms. The molecular formula is C12H17N3O2. The van der Waals surface area contributed by atoms with E-state index in [-0.39, 0.29) is 11.0 Å². The molecule has 0 aromatic carbocycles. The molecule has 1 rings (SSSR count). The number of rotatable bonds is 3. The SMILES string of the molecule is CC(C)C(C)(C)Cn1cc(C#N)c(=O)[nH]c1=O. The lowest BCUT2D eigenvalue weighted by Gasteiger charge is -2.29. The Hall–Kier alpha value is -1.83. The van der Waals surface area contributed by atoms with Crippen LogP contribution < -0.4 is 11.2 Å². The van der Waals surface area contributed by atoms with Gasteiger partial charge in [0.1, 0.15) is 11.6 Å². The van der Waals surface area contributed by atoms with Crippen LogP contribution in [0.4, 0.5) is 0 Å². The van der Waals surface area contributed by atoms with E-state index < -0.39 is 11.2 Å². The van der Waals surface area contributed by atoms with Crippen LogP contribution in [0.2, 0.25) is 0 Å². The maximum Gasteiger partial charge on any atom is 0.328 e. The lowest BCUT2D eigenvalue weighted by atomic mass is 9.81. The third-order valence-corrected chi connectivity index (χ3v) is 3.27. The molecule has 0 aliphatic rings. The lowest BCUT2D eigenvalue weighted by Crippen LogP contribution is -2.36. The first-order valence-electron chi connectivity index (χ1n) is 5.52. The molecule has 0 bridgehead atoms. The molecule has 0 saturated heterocycles. The minimum atomic E-state index is -0.629. The van der Waals surface area contributed by atoms with Crippen LogP contribution in [0, 0.1) is 22.7 Å². The average molecular weight is 235 g/mol. The van der Waals surface area contributed by atoms with Crippen LogP contribution in [-0.4, -0.2) is 9.55 Å². The molecule has 1 N–H and O–H groups in total. The normalized spacial score (nSPS) is 11.5. The minimum Gasteiger partial charge on any atom is -0.299 e. The Balaban J connectivity index is 3.22. The summed E-state index contributed by atoms with van der Waals surface area (Å²) < 4.78 is 1.39. The summed E-state index contributed by atoms with van der Waals surface area (Å²) in [6.45, 7) is 8.70. The van der Waals surface area contributed by atoms with Gasteiger partial charge in [-0.25, -0.2) is 4.79 Å². The largest absolute Gasteiger partial charge is 0.328 e. The van der Waals surface area contributed by atoms with Gasteiger partial charge in [-0.3, -0.25) is 14.3 Å². The summed E-state index contributed by atoms with van der Waals surface area (Å²) in [6, 6.07) is 1.77. The Bertz CT molecular complexity index is 558. The van der Waals surface area contributed by atoms with Crippen molar-refractivity contribution < 1.29 is 0 Å². The first-order valence-corrected chi connectivity index (χ1v) is 5.52. The van der Waals surface area contributed by atoms with Crippen LogP contribution in [0.15, 0.2) is 15.8 Å². The lowest BCUT2D eigenvalue weighted by molar-refractivity contribution is 0.206. The van der Waals surface area contributed by atoms with Crippen molar-refractivity contribution >= 4 is 0 Å². The molecule has 0 aliphatic heterocycles. The van der Waals surface area contributed by atoms with Crippen molar-refractivity contribution in [2.45, 2.75) is 34.2 Å². The summed E-state index contributed by atoms with van der Waals surface area (Å²) >= 11 is 0. The summed E-state index contributed by atoms with van der Waals surface area (Å²) in [7, 11) is 0. The van der Waals surface area contributed by atoms with E-state index in [0.717, 1.165) is 0 Å². The third kappa shape index (κ3) is 2.84. The van der Waals surface area contributed by atoms with Gasteiger partial charge in [-0.15, -0.1) is 0 Å². The van der Waals surface area contributed by atoms with E-state index in [4.69, 9.17) is 5.26 Å². The molecule has 0 atom stereocenters. The van der Waals surface area contributed by atoms with E-state index in [2.05, 4.69) is 18.8 Å². The highest BCUT2D eigenvalue weighted by Gasteiger charge is 2.23. The first-order chi connectivity index (χ1) is 7.77. The van der Waals surface area contributed by atoms with E-state index in [1.54, 1.807) is 6.07 Å². The molecule has 0 saturated carbocycles. The molecule has 0 radical (unpaired) electrons. The van der Waals surface area contributed by atoms with Crippen LogP contribution in [0.25, 0.3) is 0 Å². The van der Waals surface area contributed by atoms with E-state index in [0.29, 0.717) is 12.5 Å². The van der Waals surface area contributed by atoms with Crippen LogP contribution in [0.5, 0.6) is 0 Å². The van der Waals surface area contributed by atoms with Gasteiger partial charge in [0.15, 0.2) is 0 Å². The van der Waals surface area contributed by atoms with Gasteiger partial charge in [0.2, 0.25) is 0 Å². The molecule has 17 heavy (non-hydrogen) atoms. The molecule has 0 fully saturated rings. The molecular weight excluding hydrogens is 218 g/mol. The van der Waals surface area contributed by atoms with Gasteiger partial charge in [-0.1, -0.05) is 27.7 Å².